The summed E-state index contributed by atoms with van der Waals surface area (Å²) in [7, 11) is -5.59. The number of carbonyl (C=O) groups excluding carboxylic acids is 8. The van der Waals surface area contributed by atoms with Crippen LogP contribution in [0.1, 0.15) is 87.7 Å². The van der Waals surface area contributed by atoms with Crippen molar-refractivity contribution >= 4 is 57.7 Å². The Morgan fingerprint density at radius 1 is 0.809 bits per heavy atom. The number of aliphatic hydroxyl groups is 7. The number of benzene rings is 3. The van der Waals surface area contributed by atoms with E-state index in [1.54, 1.807) is 18.2 Å². The molecule has 0 radical (unpaired) electrons. The molecule has 14 unspecified atom stereocenters. The summed E-state index contributed by atoms with van der Waals surface area (Å²) in [5.74, 6) is -12.2. The zero-order valence-electron chi connectivity index (χ0n) is 48.7. The molecule has 3 saturated heterocycles. The first-order chi connectivity index (χ1) is 41.5. The monoisotopic (exact) mass is 1280 g/mol. The molecule has 3 aromatic carbocycles. The van der Waals surface area contributed by atoms with Crippen LogP contribution in [0.5, 0.6) is 17.2 Å². The zero-order chi connectivity index (χ0) is 64.5. The number of unbranched alkanes of at least 4 members (excludes halogenated alkanes) is 2. The van der Waals surface area contributed by atoms with Gasteiger partial charge in [0, 0.05) is 48.2 Å². The van der Waals surface area contributed by atoms with Crippen LogP contribution in [-0.4, -0.2) is 209 Å². The number of amides is 8. The average Bonchev–Trinajstić information content (AvgIpc) is 2.43. The van der Waals surface area contributed by atoms with Crippen LogP contribution in [-0.2, 0) is 44.0 Å². The summed E-state index contributed by atoms with van der Waals surface area (Å²) in [6.45, 7) is 3.94. The number of aromatic nitrogens is 1. The van der Waals surface area contributed by atoms with Crippen LogP contribution in [0, 0.1) is 5.92 Å². The maximum absolute atomic E-state index is 14.7. The Kier molecular flexibility index (Phi) is 24.6. The van der Waals surface area contributed by atoms with Gasteiger partial charge in [-0.3, -0.25) is 38.4 Å². The quantitative estimate of drug-likeness (QED) is 0.0191. The molecule has 0 aliphatic carbocycles. The predicted octanol–water partition coefficient (Wildman–Crippen LogP) is -6.21. The first kappa shape index (κ1) is 70.7. The molecule has 478 valence electrons. The number of ether oxygens (including phenoxy) is 1. The molecule has 4 heterocycles. The van der Waals surface area contributed by atoms with Gasteiger partial charge in [-0.05, 0) is 80.3 Å². The number of hydrogen-bond acceptors (Lipinski definition) is 23. The van der Waals surface area contributed by atoms with Gasteiger partial charge in [0.25, 0.3) is 16.3 Å². The number of nitrogens with one attached hydrogen (secondary N) is 5. The van der Waals surface area contributed by atoms with Crippen molar-refractivity contribution in [2.45, 2.75) is 145 Å². The van der Waals surface area contributed by atoms with Crippen molar-refractivity contribution in [2.75, 3.05) is 19.7 Å². The Labute approximate surface area is 531 Å². The van der Waals surface area contributed by atoms with E-state index in [1.165, 1.54) is 31.2 Å². The van der Waals surface area contributed by atoms with Crippen molar-refractivity contribution in [1.29, 1.82) is 0 Å². The fraction of sp³-hybridized carbons (Fsp3) is 0.482. The average molecular weight is 1280 g/mol. The third-order valence-electron chi connectivity index (χ3n) is 15.1. The van der Waals surface area contributed by atoms with E-state index in [0.29, 0.717) is 56.9 Å². The van der Waals surface area contributed by atoms with Gasteiger partial charge in [0.15, 0.2) is 17.3 Å². The Morgan fingerprint density at radius 3 is 2.09 bits per heavy atom. The number of hydrogen-bond donors (Lipinski definition) is 14. The smallest absolute Gasteiger partial charge is 0.716 e. The van der Waals surface area contributed by atoms with E-state index in [-0.39, 0.29) is 35.1 Å². The summed E-state index contributed by atoms with van der Waals surface area (Å²) in [6, 6.07) is 4.34. The molecule has 3 aliphatic rings. The summed E-state index contributed by atoms with van der Waals surface area (Å²) in [4.78, 5) is 114. The SMILES string of the molecule is CCCCCOc1ccc(-c2cc(-c3ccc(C(=O)NC4CCC(O)NC(=O)C5C(O)C(C)CN5C(=O)C(C(O)CC(N)=O)NC(=O)C(C(O)C(O)c5ccc(O)c(OS(=O)(=O)[O-])c5)NC(=O)C5CC(O)CN5C(=O)C(C(C)O)NC4=O)cc3)no2)cc1.[Na+]. The fourth-order valence-corrected chi connectivity index (χ4v) is 10.7. The van der Waals surface area contributed by atoms with E-state index in [0.717, 1.165) is 32.3 Å². The van der Waals surface area contributed by atoms with Crippen molar-refractivity contribution in [3.8, 4) is 39.8 Å². The van der Waals surface area contributed by atoms with Crippen LogP contribution in [0.2, 0.25) is 0 Å². The third-order valence-corrected chi connectivity index (χ3v) is 15.5. The summed E-state index contributed by atoms with van der Waals surface area (Å²) in [5, 5.41) is 105. The van der Waals surface area contributed by atoms with Crippen molar-refractivity contribution < 1.29 is 135 Å². The molecule has 89 heavy (non-hydrogen) atoms. The second-order valence-corrected chi connectivity index (χ2v) is 22.7. The second kappa shape index (κ2) is 30.9. The first-order valence-electron chi connectivity index (χ1n) is 28.0. The van der Waals surface area contributed by atoms with Gasteiger partial charge in [0.1, 0.15) is 66.1 Å². The molecule has 0 saturated carbocycles. The second-order valence-electron chi connectivity index (χ2n) is 21.8. The number of aromatic hydroxyl groups is 1. The van der Waals surface area contributed by atoms with Crippen LogP contribution in [0.4, 0.5) is 0 Å². The van der Waals surface area contributed by atoms with Crippen molar-refractivity contribution in [3.63, 3.8) is 0 Å². The number of primary amides is 1. The van der Waals surface area contributed by atoms with Gasteiger partial charge in [0.2, 0.25) is 41.4 Å². The molecule has 3 aliphatic heterocycles. The maximum Gasteiger partial charge on any atom is 1.00 e. The van der Waals surface area contributed by atoms with E-state index in [2.05, 4.69) is 42.8 Å². The van der Waals surface area contributed by atoms with Gasteiger partial charge >= 0.3 is 29.6 Å². The van der Waals surface area contributed by atoms with E-state index in [4.69, 9.17) is 15.0 Å². The first-order valence-corrected chi connectivity index (χ1v) is 29.4. The molecule has 0 spiro atoms. The molecule has 1 aromatic heterocycles. The van der Waals surface area contributed by atoms with E-state index in [9.17, 15) is 92.2 Å². The Bertz CT molecular complexity index is 3300. The minimum Gasteiger partial charge on any atom is -0.716 e. The molecular weight excluding hydrogens is 1210 g/mol. The number of fused-ring (bicyclic) bond motifs is 2. The van der Waals surface area contributed by atoms with Gasteiger partial charge in [0.05, 0.1) is 37.4 Å². The number of aliphatic hydroxyl groups excluding tert-OH is 7. The Hall–Kier alpha value is -7.34. The van der Waals surface area contributed by atoms with E-state index < -0.39 is 199 Å². The predicted molar refractivity (Wildman–Crippen MR) is 301 cm³/mol. The van der Waals surface area contributed by atoms with E-state index >= 15 is 0 Å². The van der Waals surface area contributed by atoms with Gasteiger partial charge in [-0.15, -0.1) is 0 Å². The number of nitrogens with two attached hydrogens (primary N) is 1. The van der Waals surface area contributed by atoms with Crippen molar-refractivity contribution in [1.82, 2.24) is 41.5 Å². The number of carbonyl (C=O) groups is 8. The molecule has 14 atom stereocenters. The summed E-state index contributed by atoms with van der Waals surface area (Å²) >= 11 is 0. The third kappa shape index (κ3) is 18.0. The topological polar surface area (TPSA) is 493 Å². The minimum atomic E-state index is -5.59. The molecule has 8 amide bonds. The van der Waals surface area contributed by atoms with Gasteiger partial charge in [-0.1, -0.05) is 50.0 Å². The number of phenols is 1. The number of phenolic OH excluding ortho intramolecular Hbond substituents is 1. The molecule has 33 heteroatoms. The molecule has 0 bridgehead atoms. The fourth-order valence-electron chi connectivity index (χ4n) is 10.3. The summed E-state index contributed by atoms with van der Waals surface area (Å²) in [6.07, 6.45) is -14.4. The maximum atomic E-state index is 14.7. The summed E-state index contributed by atoms with van der Waals surface area (Å²) in [5.41, 5.74) is 6.34. The van der Waals surface area contributed by atoms with Crippen LogP contribution in [0.3, 0.4) is 0 Å². The standard InChI is InChI=1S/C56H71N9O22S.Na/c1-4-5-6-19-85-33-14-11-29(12-15-33)39-22-35(63-86-39)28-7-9-30(10-8-28)50(75)58-34-16-18-42(71)59-54(79)46-47(72)26(2)24-65(46)56(81)44(38(69)23-41(57)70)61-53(78)45(49(74)48(73)31-13-17-37(68)40(20-31)87-88(82,83)84)62-52(77)36-21-32(67)25-64(36)55(80)43(27(3)66)60-51(34)76;/h7-15,17,20,22,26-27,32,34,36,38,42-49,66-69,71-74H,4-6,16,18-19,21,23-25H2,1-3H3,(H2,57,70)(H,58,75)(H,59,79)(H,60,76)(H,61,78)(H,62,77)(H,82,83,84);/q;+1/p-1. The molecular formula is C56H70N9NaO22S. The molecule has 3 fully saturated rings. The molecule has 15 N–H and O–H groups in total. The molecule has 4 aromatic rings. The van der Waals surface area contributed by atoms with Gasteiger partial charge in [-0.25, -0.2) is 8.42 Å². The normalized spacial score (nSPS) is 25.5. The van der Waals surface area contributed by atoms with Crippen LogP contribution >= 0.6 is 0 Å². The van der Waals surface area contributed by atoms with E-state index in [1.807, 2.05) is 12.1 Å². The van der Waals surface area contributed by atoms with Crippen LogP contribution in [0.15, 0.2) is 77.3 Å². The number of nitrogens with zero attached hydrogens (tertiary/aromatic N) is 3. The zero-order valence-corrected chi connectivity index (χ0v) is 51.5. The Balaban J connectivity index is 0.0000126. The Morgan fingerprint density at radius 2 is 1.45 bits per heavy atom. The summed E-state index contributed by atoms with van der Waals surface area (Å²) < 4.78 is 50.0. The van der Waals surface area contributed by atoms with Crippen LogP contribution < -0.4 is 70.8 Å². The molecule has 7 rings (SSSR count). The molecule has 31 nitrogen and oxygen atoms in total. The van der Waals surface area contributed by atoms with Gasteiger partial charge in [-0.2, -0.15) is 0 Å². The van der Waals surface area contributed by atoms with Gasteiger partial charge < -0.3 is 101 Å². The van der Waals surface area contributed by atoms with Crippen molar-refractivity contribution in [2.24, 2.45) is 11.7 Å². The van der Waals surface area contributed by atoms with Crippen LogP contribution in [0.25, 0.3) is 22.6 Å². The number of rotatable bonds is 18. The van der Waals surface area contributed by atoms with Crippen molar-refractivity contribution in [3.05, 3.63) is 83.9 Å². The minimum absolute atomic E-state index is 0. The largest absolute Gasteiger partial charge is 1.00 e.